The lowest BCUT2D eigenvalue weighted by Gasteiger charge is -2.26. The highest BCUT2D eigenvalue weighted by molar-refractivity contribution is 5.22. The van der Waals surface area contributed by atoms with Crippen molar-refractivity contribution in [2.75, 3.05) is 6.67 Å². The fourth-order valence-electron chi connectivity index (χ4n) is 4.12. The van der Waals surface area contributed by atoms with Crippen molar-refractivity contribution in [1.82, 2.24) is 0 Å². The van der Waals surface area contributed by atoms with Crippen molar-refractivity contribution in [2.24, 2.45) is 11.8 Å². The van der Waals surface area contributed by atoms with Crippen LogP contribution in [0.3, 0.4) is 0 Å². The molecule has 1 heteroatoms. The molecule has 0 radical (unpaired) electrons. The van der Waals surface area contributed by atoms with E-state index in [2.05, 4.69) is 43.3 Å². The van der Waals surface area contributed by atoms with Crippen LogP contribution in [-0.2, 0) is 12.8 Å². The Morgan fingerprint density at radius 1 is 0.885 bits per heavy atom. The molecule has 1 aliphatic carbocycles. The van der Waals surface area contributed by atoms with E-state index in [1.54, 1.807) is 0 Å². The van der Waals surface area contributed by atoms with Gasteiger partial charge in [0.1, 0.15) is 0 Å². The maximum Gasteiger partial charge on any atom is 0.0894 e. The zero-order valence-electron chi connectivity index (χ0n) is 16.9. The number of benzene rings is 1. The van der Waals surface area contributed by atoms with Crippen LogP contribution in [0, 0.1) is 11.8 Å². The van der Waals surface area contributed by atoms with Gasteiger partial charge in [-0.25, -0.2) is 0 Å². The van der Waals surface area contributed by atoms with Gasteiger partial charge in [0.05, 0.1) is 6.67 Å². The quantitative estimate of drug-likeness (QED) is 0.263. The van der Waals surface area contributed by atoms with Gasteiger partial charge >= 0.3 is 0 Å². The molecule has 1 aromatic carbocycles. The Labute approximate surface area is 161 Å². The smallest absolute Gasteiger partial charge is 0.0894 e. The Kier molecular flexibility index (Phi) is 10.7. The standard InChI is InChI=1S/C25H39F/c1-2-3-9-22-11-15-24(16-12-22)19-20-25-17-13-23(14-18-25)10-7-5-4-6-8-21-26/h7,10-12,15-16,23,25H,2-6,8-9,13-14,17-21H2,1H3. The summed E-state index contributed by atoms with van der Waals surface area (Å²) in [5, 5.41) is 0. The molecule has 1 fully saturated rings. The summed E-state index contributed by atoms with van der Waals surface area (Å²) in [6, 6.07) is 9.37. The third kappa shape index (κ3) is 8.52. The highest BCUT2D eigenvalue weighted by atomic mass is 19.1. The zero-order chi connectivity index (χ0) is 18.5. The summed E-state index contributed by atoms with van der Waals surface area (Å²) in [4.78, 5) is 0. The molecule has 0 bridgehead atoms. The summed E-state index contributed by atoms with van der Waals surface area (Å²) in [6.07, 6.45) is 20.8. The molecule has 0 nitrogen and oxygen atoms in total. The van der Waals surface area contributed by atoms with Crippen molar-refractivity contribution in [2.45, 2.75) is 90.4 Å². The van der Waals surface area contributed by atoms with Crippen LogP contribution < -0.4 is 0 Å². The molecular weight excluding hydrogens is 319 g/mol. The van der Waals surface area contributed by atoms with Crippen molar-refractivity contribution in [1.29, 1.82) is 0 Å². The molecule has 0 saturated heterocycles. The van der Waals surface area contributed by atoms with Gasteiger partial charge in [0.25, 0.3) is 0 Å². The maximum atomic E-state index is 12.0. The summed E-state index contributed by atoms with van der Waals surface area (Å²) < 4.78 is 12.0. The Bertz CT molecular complexity index is 479. The highest BCUT2D eigenvalue weighted by Gasteiger charge is 2.19. The summed E-state index contributed by atoms with van der Waals surface area (Å²) in [7, 11) is 0. The van der Waals surface area contributed by atoms with Gasteiger partial charge in [0, 0.05) is 0 Å². The molecule has 1 aliphatic rings. The minimum Gasteiger partial charge on any atom is -0.251 e. The largest absolute Gasteiger partial charge is 0.251 e. The van der Waals surface area contributed by atoms with E-state index in [1.165, 1.54) is 68.9 Å². The second-order valence-corrected chi connectivity index (χ2v) is 8.21. The molecule has 0 N–H and O–H groups in total. The molecule has 26 heavy (non-hydrogen) atoms. The van der Waals surface area contributed by atoms with Crippen LogP contribution in [0.4, 0.5) is 4.39 Å². The predicted octanol–water partition coefficient (Wildman–Crippen LogP) is 7.85. The Hall–Kier alpha value is -1.11. The van der Waals surface area contributed by atoms with Crippen LogP contribution in [0.2, 0.25) is 0 Å². The summed E-state index contributed by atoms with van der Waals surface area (Å²) in [5.41, 5.74) is 3.01. The van der Waals surface area contributed by atoms with Crippen LogP contribution in [0.1, 0.15) is 88.7 Å². The fourth-order valence-corrected chi connectivity index (χ4v) is 4.12. The minimum atomic E-state index is -0.156. The Morgan fingerprint density at radius 2 is 1.58 bits per heavy atom. The van der Waals surface area contributed by atoms with Gasteiger partial charge in [-0.3, -0.25) is 4.39 Å². The number of rotatable bonds is 12. The Morgan fingerprint density at radius 3 is 2.23 bits per heavy atom. The second kappa shape index (κ2) is 13.1. The minimum absolute atomic E-state index is 0.156. The lowest BCUT2D eigenvalue weighted by atomic mass is 9.79. The zero-order valence-corrected chi connectivity index (χ0v) is 16.9. The van der Waals surface area contributed by atoms with E-state index < -0.39 is 0 Å². The molecule has 0 heterocycles. The summed E-state index contributed by atoms with van der Waals surface area (Å²) >= 11 is 0. The molecule has 0 unspecified atom stereocenters. The van der Waals surface area contributed by atoms with Crippen molar-refractivity contribution in [3.8, 4) is 0 Å². The SMILES string of the molecule is CCCCc1ccc(CCC2CCC(C=CCCCCCF)CC2)cc1. The first-order chi connectivity index (χ1) is 12.8. The molecular formula is C25H39F. The van der Waals surface area contributed by atoms with E-state index >= 15 is 0 Å². The first-order valence-electron chi connectivity index (χ1n) is 11.1. The van der Waals surface area contributed by atoms with Crippen LogP contribution in [0.25, 0.3) is 0 Å². The number of aryl methyl sites for hydroxylation is 2. The van der Waals surface area contributed by atoms with Gasteiger partial charge in [-0.15, -0.1) is 0 Å². The molecule has 0 amide bonds. The summed E-state index contributed by atoms with van der Waals surface area (Å²) in [6.45, 7) is 2.10. The number of hydrogen-bond donors (Lipinski definition) is 0. The number of hydrogen-bond acceptors (Lipinski definition) is 0. The third-order valence-corrected chi connectivity index (χ3v) is 5.99. The average molecular weight is 359 g/mol. The number of halogens is 1. The van der Waals surface area contributed by atoms with Gasteiger partial charge < -0.3 is 0 Å². The van der Waals surface area contributed by atoms with E-state index in [0.717, 1.165) is 37.5 Å². The average Bonchev–Trinajstić information content (AvgIpc) is 2.69. The first-order valence-corrected chi connectivity index (χ1v) is 11.1. The topological polar surface area (TPSA) is 0 Å². The van der Waals surface area contributed by atoms with Crippen LogP contribution >= 0.6 is 0 Å². The van der Waals surface area contributed by atoms with E-state index in [-0.39, 0.29) is 6.67 Å². The van der Waals surface area contributed by atoms with Crippen molar-refractivity contribution in [3.63, 3.8) is 0 Å². The van der Waals surface area contributed by atoms with E-state index in [4.69, 9.17) is 0 Å². The van der Waals surface area contributed by atoms with Crippen LogP contribution in [-0.4, -0.2) is 6.67 Å². The van der Waals surface area contributed by atoms with Crippen molar-refractivity contribution in [3.05, 3.63) is 47.5 Å². The van der Waals surface area contributed by atoms with Gasteiger partial charge in [-0.1, -0.05) is 56.2 Å². The number of allylic oxidation sites excluding steroid dienone is 2. The van der Waals surface area contributed by atoms with Crippen molar-refractivity contribution < 1.29 is 4.39 Å². The second-order valence-electron chi connectivity index (χ2n) is 8.21. The first kappa shape index (κ1) is 21.2. The highest BCUT2D eigenvalue weighted by Crippen LogP contribution is 2.32. The molecule has 146 valence electrons. The van der Waals surface area contributed by atoms with Crippen LogP contribution in [0.5, 0.6) is 0 Å². The lowest BCUT2D eigenvalue weighted by Crippen LogP contribution is -2.13. The van der Waals surface area contributed by atoms with E-state index in [1.807, 2.05) is 0 Å². The molecule has 0 spiro atoms. The number of alkyl halides is 1. The molecule has 1 saturated carbocycles. The van der Waals surface area contributed by atoms with Gasteiger partial charge in [0.2, 0.25) is 0 Å². The molecule has 0 aliphatic heterocycles. The molecule has 2 rings (SSSR count). The molecule has 0 atom stereocenters. The number of unbranched alkanes of at least 4 members (excludes halogenated alkanes) is 4. The van der Waals surface area contributed by atoms with E-state index in [0.29, 0.717) is 0 Å². The summed E-state index contributed by atoms with van der Waals surface area (Å²) in [5.74, 6) is 1.72. The van der Waals surface area contributed by atoms with Gasteiger partial charge in [-0.2, -0.15) is 0 Å². The van der Waals surface area contributed by atoms with Crippen molar-refractivity contribution >= 4 is 0 Å². The predicted molar refractivity (Wildman–Crippen MR) is 112 cm³/mol. The normalized spacial score (nSPS) is 20.7. The Balaban J connectivity index is 1.59. The third-order valence-electron chi connectivity index (χ3n) is 5.99. The monoisotopic (exact) mass is 358 g/mol. The van der Waals surface area contributed by atoms with Gasteiger partial charge in [0.15, 0.2) is 0 Å². The maximum absolute atomic E-state index is 12.0. The molecule has 1 aromatic rings. The lowest BCUT2D eigenvalue weighted by molar-refractivity contribution is 0.296. The molecule has 0 aromatic heterocycles. The van der Waals surface area contributed by atoms with Gasteiger partial charge in [-0.05, 0) is 93.6 Å². The fraction of sp³-hybridized carbons (Fsp3) is 0.680. The van der Waals surface area contributed by atoms with E-state index in [9.17, 15) is 4.39 Å². The van der Waals surface area contributed by atoms with Crippen LogP contribution in [0.15, 0.2) is 36.4 Å².